The third-order valence-corrected chi connectivity index (χ3v) is 5.73. The van der Waals surface area contributed by atoms with Crippen LogP contribution in [0.25, 0.3) is 0 Å². The Balaban J connectivity index is 1.44. The van der Waals surface area contributed by atoms with Crippen molar-refractivity contribution in [1.82, 2.24) is 10.6 Å². The molecule has 1 aliphatic rings. The number of carbonyl (C=O) groups is 1. The molecule has 5 nitrogen and oxygen atoms in total. The van der Waals surface area contributed by atoms with Gasteiger partial charge in [0.1, 0.15) is 5.75 Å². The maximum atomic E-state index is 11.9. The predicted molar refractivity (Wildman–Crippen MR) is 123 cm³/mol. The highest BCUT2D eigenvalue weighted by Gasteiger charge is 2.22. The third kappa shape index (κ3) is 11.0. The van der Waals surface area contributed by atoms with E-state index < -0.39 is 6.09 Å². The van der Waals surface area contributed by atoms with E-state index in [1.54, 1.807) is 24.3 Å². The Bertz CT molecular complexity index is 601. The molecule has 1 aromatic carbocycles. The number of hydrogen-bond donors (Lipinski definition) is 2. The summed E-state index contributed by atoms with van der Waals surface area (Å²) in [6.45, 7) is 7.38. The predicted octanol–water partition coefficient (Wildman–Crippen LogP) is 5.73. The molecular formula is C24H37ClN2O3. The van der Waals surface area contributed by atoms with Crippen molar-refractivity contribution in [2.24, 2.45) is 5.92 Å². The van der Waals surface area contributed by atoms with Crippen LogP contribution in [0.2, 0.25) is 5.02 Å². The zero-order valence-corrected chi connectivity index (χ0v) is 18.8. The maximum absolute atomic E-state index is 11.9. The number of hydrogen-bond acceptors (Lipinski definition) is 4. The Labute approximate surface area is 186 Å². The van der Waals surface area contributed by atoms with Crippen LogP contribution < -0.4 is 15.4 Å². The van der Waals surface area contributed by atoms with Gasteiger partial charge < -0.3 is 20.1 Å². The van der Waals surface area contributed by atoms with Gasteiger partial charge in [-0.05, 0) is 88.2 Å². The highest BCUT2D eigenvalue weighted by molar-refractivity contribution is 6.30. The molecule has 1 amide bonds. The number of halogens is 1. The van der Waals surface area contributed by atoms with Crippen molar-refractivity contribution in [3.63, 3.8) is 0 Å². The van der Waals surface area contributed by atoms with Gasteiger partial charge in [-0.15, -0.1) is 6.58 Å². The molecule has 0 spiro atoms. The molecule has 30 heavy (non-hydrogen) atoms. The molecule has 0 saturated heterocycles. The van der Waals surface area contributed by atoms with Crippen LogP contribution in [-0.2, 0) is 4.74 Å². The first kappa shape index (κ1) is 24.7. The van der Waals surface area contributed by atoms with Crippen LogP contribution in [0.1, 0.15) is 57.8 Å². The Morgan fingerprint density at radius 1 is 1.07 bits per heavy atom. The second-order valence-corrected chi connectivity index (χ2v) is 8.42. The van der Waals surface area contributed by atoms with Crippen LogP contribution in [0.4, 0.5) is 4.79 Å². The van der Waals surface area contributed by atoms with Crippen LogP contribution >= 0.6 is 11.6 Å². The molecule has 2 N–H and O–H groups in total. The van der Waals surface area contributed by atoms with Crippen molar-refractivity contribution in [2.45, 2.75) is 63.9 Å². The summed E-state index contributed by atoms with van der Waals surface area (Å²) in [7, 11) is 0. The van der Waals surface area contributed by atoms with Crippen molar-refractivity contribution in [2.75, 3.05) is 26.2 Å². The summed E-state index contributed by atoms with van der Waals surface area (Å²) >= 11 is 5.83. The fourth-order valence-electron chi connectivity index (χ4n) is 3.66. The Kier molecular flexibility index (Phi) is 12.6. The number of nitrogens with one attached hydrogen (secondary N) is 2. The van der Waals surface area contributed by atoms with Crippen molar-refractivity contribution in [3.8, 4) is 5.75 Å². The molecule has 168 valence electrons. The minimum atomic E-state index is -0.411. The highest BCUT2D eigenvalue weighted by atomic mass is 35.5. The maximum Gasteiger partial charge on any atom is 0.412 e. The quantitative estimate of drug-likeness (QED) is 0.289. The monoisotopic (exact) mass is 436 g/mol. The van der Waals surface area contributed by atoms with Gasteiger partial charge in [0.05, 0.1) is 6.10 Å². The van der Waals surface area contributed by atoms with Gasteiger partial charge in [-0.2, -0.15) is 0 Å². The zero-order chi connectivity index (χ0) is 21.4. The molecular weight excluding hydrogens is 400 g/mol. The summed E-state index contributed by atoms with van der Waals surface area (Å²) in [4.78, 5) is 11.9. The minimum absolute atomic E-state index is 0.378. The second kappa shape index (κ2) is 15.3. The summed E-state index contributed by atoms with van der Waals surface area (Å²) in [6.07, 6.45) is 12.1. The highest BCUT2D eigenvalue weighted by Crippen LogP contribution is 2.26. The van der Waals surface area contributed by atoms with Gasteiger partial charge in [0.15, 0.2) is 0 Å². The molecule has 0 bridgehead atoms. The Morgan fingerprint density at radius 2 is 1.80 bits per heavy atom. The number of benzene rings is 1. The van der Waals surface area contributed by atoms with Crippen molar-refractivity contribution < 1.29 is 14.3 Å². The van der Waals surface area contributed by atoms with Gasteiger partial charge in [-0.3, -0.25) is 0 Å². The first-order chi connectivity index (χ1) is 14.7. The fourth-order valence-corrected chi connectivity index (χ4v) is 3.79. The molecule has 0 unspecified atom stereocenters. The van der Waals surface area contributed by atoms with Gasteiger partial charge in [0.2, 0.25) is 0 Å². The van der Waals surface area contributed by atoms with Gasteiger partial charge in [-0.25, -0.2) is 4.79 Å². The zero-order valence-electron chi connectivity index (χ0n) is 18.0. The Morgan fingerprint density at radius 3 is 2.53 bits per heavy atom. The molecule has 2 rings (SSSR count). The van der Waals surface area contributed by atoms with Crippen molar-refractivity contribution >= 4 is 17.7 Å². The lowest BCUT2D eigenvalue weighted by Crippen LogP contribution is -2.34. The fraction of sp³-hybridized carbons (Fsp3) is 0.625. The van der Waals surface area contributed by atoms with Gasteiger partial charge in [-0.1, -0.05) is 30.5 Å². The SMILES string of the molecule is C=CCCNCCCCCCO[C@H]1CC[C@H](CNC(=O)Oc2ccc(Cl)cc2)CC1. The molecule has 1 saturated carbocycles. The molecule has 1 fully saturated rings. The van der Waals surface area contributed by atoms with E-state index in [2.05, 4.69) is 17.2 Å². The van der Waals surface area contributed by atoms with Crippen LogP contribution in [0, 0.1) is 5.92 Å². The molecule has 0 radical (unpaired) electrons. The normalized spacial score (nSPS) is 18.7. The number of unbranched alkanes of at least 4 members (excludes halogenated alkanes) is 3. The third-order valence-electron chi connectivity index (χ3n) is 5.48. The van der Waals surface area contributed by atoms with Crippen LogP contribution in [0.15, 0.2) is 36.9 Å². The lowest BCUT2D eigenvalue weighted by atomic mass is 9.87. The smallest absolute Gasteiger partial charge is 0.410 e. The lowest BCUT2D eigenvalue weighted by Gasteiger charge is -2.28. The molecule has 0 atom stereocenters. The van der Waals surface area contributed by atoms with E-state index in [1.165, 1.54) is 19.3 Å². The van der Waals surface area contributed by atoms with Gasteiger partial charge >= 0.3 is 6.09 Å². The molecule has 1 aliphatic carbocycles. The number of amides is 1. The molecule has 1 aromatic rings. The number of rotatable bonds is 14. The largest absolute Gasteiger partial charge is 0.412 e. The molecule has 0 aliphatic heterocycles. The van der Waals surface area contributed by atoms with Crippen LogP contribution in [0.5, 0.6) is 5.75 Å². The summed E-state index contributed by atoms with van der Waals surface area (Å²) in [6, 6.07) is 6.78. The van der Waals surface area contributed by atoms with E-state index in [0.29, 0.717) is 29.3 Å². The van der Waals surface area contributed by atoms with Crippen molar-refractivity contribution in [3.05, 3.63) is 41.9 Å². The van der Waals surface area contributed by atoms with Crippen LogP contribution in [-0.4, -0.2) is 38.4 Å². The van der Waals surface area contributed by atoms with E-state index in [1.807, 2.05) is 6.08 Å². The van der Waals surface area contributed by atoms with E-state index >= 15 is 0 Å². The molecule has 0 aromatic heterocycles. The molecule has 6 heteroatoms. The van der Waals surface area contributed by atoms with Gasteiger partial charge in [0.25, 0.3) is 0 Å². The first-order valence-corrected chi connectivity index (χ1v) is 11.7. The number of ether oxygens (including phenoxy) is 2. The Hall–Kier alpha value is -1.56. The summed E-state index contributed by atoms with van der Waals surface area (Å²) in [5.74, 6) is 0.995. The summed E-state index contributed by atoms with van der Waals surface area (Å²) in [5.41, 5.74) is 0. The standard InChI is InChI=1S/C24H37ClN2O3/c1-2-3-16-26-17-6-4-5-7-18-29-22-12-8-20(9-13-22)19-27-24(28)30-23-14-10-21(25)11-15-23/h2,10-11,14-15,20,22,26H,1,3-9,12-13,16-19H2,(H,27,28)/t20-,22-. The van der Waals surface area contributed by atoms with E-state index in [9.17, 15) is 4.79 Å². The number of carbonyl (C=O) groups excluding carboxylic acids is 1. The topological polar surface area (TPSA) is 59.6 Å². The van der Waals surface area contributed by atoms with Gasteiger partial charge in [0, 0.05) is 18.2 Å². The average Bonchev–Trinajstić information content (AvgIpc) is 2.76. The first-order valence-electron chi connectivity index (χ1n) is 11.3. The summed E-state index contributed by atoms with van der Waals surface area (Å²) < 4.78 is 11.3. The van der Waals surface area contributed by atoms with E-state index in [0.717, 1.165) is 58.2 Å². The van der Waals surface area contributed by atoms with E-state index in [4.69, 9.17) is 21.1 Å². The van der Waals surface area contributed by atoms with Crippen LogP contribution in [0.3, 0.4) is 0 Å². The molecule has 0 heterocycles. The lowest BCUT2D eigenvalue weighted by molar-refractivity contribution is 0.0163. The summed E-state index contributed by atoms with van der Waals surface area (Å²) in [5, 5.41) is 6.92. The minimum Gasteiger partial charge on any atom is -0.410 e. The second-order valence-electron chi connectivity index (χ2n) is 7.98. The van der Waals surface area contributed by atoms with Crippen molar-refractivity contribution in [1.29, 1.82) is 0 Å². The van der Waals surface area contributed by atoms with E-state index in [-0.39, 0.29) is 0 Å². The average molecular weight is 437 g/mol.